The lowest BCUT2D eigenvalue weighted by molar-refractivity contribution is -0.116. The van der Waals surface area contributed by atoms with Gasteiger partial charge in [0, 0.05) is 23.5 Å². The van der Waals surface area contributed by atoms with Crippen LogP contribution in [0.15, 0.2) is 67.4 Å². The Hall–Kier alpha value is -4.53. The number of hydrogen-bond donors (Lipinski definition) is 1. The second-order valence-electron chi connectivity index (χ2n) is 8.08. The van der Waals surface area contributed by atoms with Crippen molar-refractivity contribution >= 4 is 11.7 Å². The lowest BCUT2D eigenvalue weighted by Crippen LogP contribution is -2.25. The van der Waals surface area contributed by atoms with Crippen LogP contribution in [0.1, 0.15) is 29.2 Å². The van der Waals surface area contributed by atoms with Crippen molar-refractivity contribution in [1.29, 1.82) is 0 Å². The van der Waals surface area contributed by atoms with E-state index >= 15 is 0 Å². The molecule has 1 N–H and O–H groups in total. The first-order valence-electron chi connectivity index (χ1n) is 11.2. The van der Waals surface area contributed by atoms with Crippen LogP contribution < -0.4 is 14.8 Å². The summed E-state index contributed by atoms with van der Waals surface area (Å²) in [5.74, 6) is 1.67. The first-order chi connectivity index (χ1) is 17.1. The molecule has 176 valence electrons. The topological polar surface area (TPSA) is 104 Å². The van der Waals surface area contributed by atoms with Gasteiger partial charge in [-0.15, -0.1) is 5.10 Å². The Morgan fingerprint density at radius 3 is 2.80 bits per heavy atom. The number of amides is 1. The maximum Gasteiger partial charge on any atom is 0.272 e. The highest BCUT2D eigenvalue weighted by Crippen LogP contribution is 2.42. The van der Waals surface area contributed by atoms with Crippen molar-refractivity contribution in [3.63, 3.8) is 0 Å². The molecule has 5 rings (SSSR count). The molecule has 1 aliphatic rings. The second kappa shape index (κ2) is 9.38. The van der Waals surface area contributed by atoms with Gasteiger partial charge in [0.05, 0.1) is 24.7 Å². The van der Waals surface area contributed by atoms with Gasteiger partial charge in [0.2, 0.25) is 5.91 Å². The monoisotopic (exact) mass is 468 g/mol. The molecule has 1 amide bonds. The summed E-state index contributed by atoms with van der Waals surface area (Å²) in [7, 11) is 1.59. The van der Waals surface area contributed by atoms with E-state index in [-0.39, 0.29) is 24.2 Å². The molecule has 0 spiro atoms. The van der Waals surface area contributed by atoms with Gasteiger partial charge < -0.3 is 14.8 Å². The highest BCUT2D eigenvalue weighted by Gasteiger charge is 2.33. The molecular formula is C26H24N6O3. The molecule has 1 aliphatic heterocycles. The van der Waals surface area contributed by atoms with Gasteiger partial charge in [0.25, 0.3) is 5.95 Å². The minimum Gasteiger partial charge on any atom is -0.493 e. The Labute approximate surface area is 202 Å². The van der Waals surface area contributed by atoms with Crippen LogP contribution in [0.25, 0.3) is 17.2 Å². The number of carbonyl (C=O) groups is 1. The van der Waals surface area contributed by atoms with Gasteiger partial charge in [0.15, 0.2) is 11.5 Å². The third-order valence-electron chi connectivity index (χ3n) is 5.86. The molecule has 9 heteroatoms. The Balaban J connectivity index is 1.58. The summed E-state index contributed by atoms with van der Waals surface area (Å²) in [6, 6.07) is 15.4. The lowest BCUT2D eigenvalue weighted by atomic mass is 9.85. The minimum atomic E-state index is -0.227. The van der Waals surface area contributed by atoms with Crippen LogP contribution in [-0.4, -0.2) is 44.6 Å². The Morgan fingerprint density at radius 1 is 1.20 bits per heavy atom. The van der Waals surface area contributed by atoms with E-state index in [0.717, 1.165) is 22.4 Å². The first-order valence-corrected chi connectivity index (χ1v) is 11.2. The molecule has 35 heavy (non-hydrogen) atoms. The first kappa shape index (κ1) is 22.3. The van der Waals surface area contributed by atoms with E-state index in [1.807, 2.05) is 55.5 Å². The Morgan fingerprint density at radius 2 is 2.03 bits per heavy atom. The molecule has 2 aromatic heterocycles. The number of benzene rings is 2. The summed E-state index contributed by atoms with van der Waals surface area (Å²) in [6.07, 6.45) is 3.55. The fourth-order valence-electron chi connectivity index (χ4n) is 4.28. The standard InChI is InChI=1S/C26H24N6O3/c1-4-12-35-22-13-18(10-11-21(22)34-3)19-14-23(33)29-25-24(19)16(2)31-32(25)26-28-20(15-27-30-26)17-8-6-5-7-9-17/h4-11,13,15,19H,1,12,14H2,2-3H3,(H,29,33)/t19-/m0/s1. The van der Waals surface area contributed by atoms with Gasteiger partial charge in [-0.2, -0.15) is 14.9 Å². The summed E-state index contributed by atoms with van der Waals surface area (Å²) in [6.45, 7) is 5.96. The predicted molar refractivity (Wildman–Crippen MR) is 131 cm³/mol. The smallest absolute Gasteiger partial charge is 0.272 e. The third kappa shape index (κ3) is 4.23. The van der Waals surface area contributed by atoms with Gasteiger partial charge in [-0.1, -0.05) is 49.1 Å². The summed E-state index contributed by atoms with van der Waals surface area (Å²) in [5, 5.41) is 16.0. The molecule has 9 nitrogen and oxygen atoms in total. The van der Waals surface area contributed by atoms with Crippen molar-refractivity contribution in [2.24, 2.45) is 0 Å². The fraction of sp³-hybridized carbons (Fsp3) is 0.192. The van der Waals surface area contributed by atoms with E-state index in [9.17, 15) is 4.79 Å². The number of aromatic nitrogens is 5. The van der Waals surface area contributed by atoms with E-state index in [0.29, 0.717) is 29.6 Å². The van der Waals surface area contributed by atoms with E-state index in [4.69, 9.17) is 9.47 Å². The fourth-order valence-corrected chi connectivity index (χ4v) is 4.28. The van der Waals surface area contributed by atoms with Crippen LogP contribution >= 0.6 is 0 Å². The van der Waals surface area contributed by atoms with Gasteiger partial charge in [-0.05, 0) is 24.6 Å². The molecule has 0 saturated carbocycles. The molecule has 0 radical (unpaired) electrons. The summed E-state index contributed by atoms with van der Waals surface area (Å²) in [4.78, 5) is 17.5. The van der Waals surface area contributed by atoms with Crippen molar-refractivity contribution in [2.75, 3.05) is 19.0 Å². The number of hydrogen-bond acceptors (Lipinski definition) is 7. The average Bonchev–Trinajstić information content (AvgIpc) is 3.23. The van der Waals surface area contributed by atoms with Crippen LogP contribution in [0.4, 0.5) is 5.82 Å². The Bertz CT molecular complexity index is 1400. The third-order valence-corrected chi connectivity index (χ3v) is 5.86. The minimum absolute atomic E-state index is 0.125. The van der Waals surface area contributed by atoms with Gasteiger partial charge in [0.1, 0.15) is 12.4 Å². The number of nitrogens with zero attached hydrogens (tertiary/aromatic N) is 5. The number of aryl methyl sites for hydroxylation is 1. The number of methoxy groups -OCH3 is 1. The number of carbonyl (C=O) groups excluding carboxylic acids is 1. The summed E-state index contributed by atoms with van der Waals surface area (Å²) < 4.78 is 12.8. The molecule has 0 saturated heterocycles. The maximum atomic E-state index is 12.8. The number of rotatable bonds is 7. The van der Waals surface area contributed by atoms with E-state index in [1.165, 1.54) is 0 Å². The van der Waals surface area contributed by atoms with Crippen LogP contribution in [0, 0.1) is 6.92 Å². The van der Waals surface area contributed by atoms with Crippen molar-refractivity contribution in [3.05, 3.63) is 84.2 Å². The number of nitrogens with one attached hydrogen (secondary N) is 1. The number of anilines is 1. The molecule has 1 atom stereocenters. The van der Waals surface area contributed by atoms with Crippen LogP contribution in [0.5, 0.6) is 11.5 Å². The van der Waals surface area contributed by atoms with Gasteiger partial charge in [-0.3, -0.25) is 4.79 Å². The zero-order valence-corrected chi connectivity index (χ0v) is 19.4. The van der Waals surface area contributed by atoms with Crippen LogP contribution in [0.2, 0.25) is 0 Å². The van der Waals surface area contributed by atoms with Crippen molar-refractivity contribution in [1.82, 2.24) is 25.0 Å². The van der Waals surface area contributed by atoms with Gasteiger partial charge in [-0.25, -0.2) is 4.98 Å². The molecule has 0 fully saturated rings. The molecule has 4 aromatic rings. The highest BCUT2D eigenvalue weighted by atomic mass is 16.5. The highest BCUT2D eigenvalue weighted by molar-refractivity contribution is 5.95. The molecule has 0 bridgehead atoms. The number of ether oxygens (including phenoxy) is 2. The normalized spacial score (nSPS) is 14.7. The quantitative estimate of drug-likeness (QED) is 0.408. The zero-order valence-electron chi connectivity index (χ0n) is 19.4. The van der Waals surface area contributed by atoms with E-state index in [2.05, 4.69) is 32.2 Å². The zero-order chi connectivity index (χ0) is 24.4. The molecule has 2 aromatic carbocycles. The largest absolute Gasteiger partial charge is 0.493 e. The second-order valence-corrected chi connectivity index (χ2v) is 8.08. The summed E-state index contributed by atoms with van der Waals surface area (Å²) in [5.41, 5.74) is 4.16. The summed E-state index contributed by atoms with van der Waals surface area (Å²) >= 11 is 0. The predicted octanol–water partition coefficient (Wildman–Crippen LogP) is 4.08. The lowest BCUT2D eigenvalue weighted by Gasteiger charge is -2.25. The van der Waals surface area contributed by atoms with Crippen molar-refractivity contribution in [2.45, 2.75) is 19.3 Å². The van der Waals surface area contributed by atoms with Crippen LogP contribution in [-0.2, 0) is 4.79 Å². The SMILES string of the molecule is C=CCOc1cc([C@@H]2CC(=O)Nc3c2c(C)nn3-c2nncc(-c3ccccc3)n2)ccc1OC. The van der Waals surface area contributed by atoms with E-state index in [1.54, 1.807) is 24.1 Å². The molecule has 0 unspecified atom stereocenters. The maximum absolute atomic E-state index is 12.8. The van der Waals surface area contributed by atoms with E-state index < -0.39 is 0 Å². The van der Waals surface area contributed by atoms with Crippen molar-refractivity contribution in [3.8, 4) is 28.7 Å². The molecular weight excluding hydrogens is 444 g/mol. The molecule has 0 aliphatic carbocycles. The average molecular weight is 469 g/mol. The number of fused-ring (bicyclic) bond motifs is 1. The van der Waals surface area contributed by atoms with Crippen molar-refractivity contribution < 1.29 is 14.3 Å². The molecule has 3 heterocycles. The van der Waals surface area contributed by atoms with Crippen LogP contribution in [0.3, 0.4) is 0 Å². The van der Waals surface area contributed by atoms with Gasteiger partial charge >= 0.3 is 0 Å². The Kier molecular flexibility index (Phi) is 5.97.